The van der Waals surface area contributed by atoms with Crippen LogP contribution in [0.2, 0.25) is 17.3 Å². The Morgan fingerprint density at radius 1 is 0.571 bits per heavy atom. The SMILES string of the molecule is [CH3][Ge]([CH3])([CH3])[c]1ccc(-c2ccc3c(oc4c(-c5ccccn5)cccc43)c2-c2ccccc2)cc1. The molecular formula is C32H27GeNO. The summed E-state index contributed by atoms with van der Waals surface area (Å²) in [5.74, 6) is 7.30. The summed E-state index contributed by atoms with van der Waals surface area (Å²) >= 11 is -1.88. The molecule has 3 heteroatoms. The van der Waals surface area contributed by atoms with Gasteiger partial charge in [0.15, 0.2) is 0 Å². The molecule has 0 aliphatic carbocycles. The van der Waals surface area contributed by atoms with Crippen LogP contribution in [0.3, 0.4) is 0 Å². The monoisotopic (exact) mass is 515 g/mol. The van der Waals surface area contributed by atoms with Gasteiger partial charge in [-0.1, -0.05) is 6.07 Å². The number of furan rings is 1. The van der Waals surface area contributed by atoms with Gasteiger partial charge in [0.2, 0.25) is 0 Å². The molecule has 0 bridgehead atoms. The second-order valence-corrected chi connectivity index (χ2v) is 20.7. The Morgan fingerprint density at radius 3 is 2.03 bits per heavy atom. The van der Waals surface area contributed by atoms with Crippen molar-refractivity contribution in [3.05, 3.63) is 109 Å². The second-order valence-electron chi connectivity index (χ2n) is 10.1. The zero-order chi connectivity index (χ0) is 24.0. The van der Waals surface area contributed by atoms with Crippen molar-refractivity contribution in [3.8, 4) is 33.5 Å². The van der Waals surface area contributed by atoms with Crippen LogP contribution in [0.5, 0.6) is 0 Å². The molecule has 0 saturated heterocycles. The van der Waals surface area contributed by atoms with E-state index in [1.807, 2.05) is 24.4 Å². The van der Waals surface area contributed by atoms with Crippen LogP contribution in [0, 0.1) is 0 Å². The molecule has 0 unspecified atom stereocenters. The fourth-order valence-electron chi connectivity index (χ4n) is 4.87. The van der Waals surface area contributed by atoms with Gasteiger partial charge in [-0.2, -0.15) is 0 Å². The topological polar surface area (TPSA) is 26.0 Å². The predicted molar refractivity (Wildman–Crippen MR) is 151 cm³/mol. The van der Waals surface area contributed by atoms with Crippen molar-refractivity contribution < 1.29 is 4.42 Å². The van der Waals surface area contributed by atoms with Crippen molar-refractivity contribution in [2.75, 3.05) is 0 Å². The summed E-state index contributed by atoms with van der Waals surface area (Å²) in [7, 11) is 0. The number of para-hydroxylation sites is 1. The number of fused-ring (bicyclic) bond motifs is 3. The van der Waals surface area contributed by atoms with Gasteiger partial charge in [0.1, 0.15) is 0 Å². The summed E-state index contributed by atoms with van der Waals surface area (Å²) < 4.78 is 8.25. The zero-order valence-corrected chi connectivity index (χ0v) is 22.3. The molecule has 0 fully saturated rings. The van der Waals surface area contributed by atoms with E-state index in [0.717, 1.165) is 44.3 Å². The van der Waals surface area contributed by atoms with E-state index >= 15 is 0 Å². The minimum atomic E-state index is -1.88. The van der Waals surface area contributed by atoms with Crippen LogP contribution < -0.4 is 4.40 Å². The molecule has 6 rings (SSSR count). The molecule has 0 spiro atoms. The van der Waals surface area contributed by atoms with Gasteiger partial charge in [-0.3, -0.25) is 0 Å². The maximum absolute atomic E-state index is 6.73. The van der Waals surface area contributed by atoms with E-state index in [9.17, 15) is 0 Å². The van der Waals surface area contributed by atoms with Crippen molar-refractivity contribution in [2.45, 2.75) is 17.3 Å². The third-order valence-corrected chi connectivity index (χ3v) is 11.1. The van der Waals surface area contributed by atoms with E-state index in [-0.39, 0.29) is 0 Å². The van der Waals surface area contributed by atoms with Crippen LogP contribution in [0.15, 0.2) is 114 Å². The molecule has 0 radical (unpaired) electrons. The Kier molecular flexibility index (Phi) is 5.34. The fourth-order valence-corrected chi connectivity index (χ4v) is 7.32. The molecule has 0 amide bonds. The van der Waals surface area contributed by atoms with Gasteiger partial charge in [-0.25, -0.2) is 0 Å². The van der Waals surface area contributed by atoms with Crippen LogP contribution in [-0.4, -0.2) is 18.3 Å². The van der Waals surface area contributed by atoms with E-state index < -0.39 is 13.3 Å². The van der Waals surface area contributed by atoms with E-state index in [1.165, 1.54) is 15.5 Å². The van der Waals surface area contributed by atoms with Crippen LogP contribution in [0.25, 0.3) is 55.4 Å². The minimum absolute atomic E-state index is 0.881. The Balaban J connectivity index is 1.65. The summed E-state index contributed by atoms with van der Waals surface area (Å²) in [5, 5.41) is 2.24. The van der Waals surface area contributed by atoms with Crippen LogP contribution in [-0.2, 0) is 0 Å². The number of nitrogens with zero attached hydrogens (tertiary/aromatic N) is 1. The van der Waals surface area contributed by atoms with Gasteiger partial charge in [0.05, 0.1) is 0 Å². The van der Waals surface area contributed by atoms with Crippen molar-refractivity contribution in [1.82, 2.24) is 4.98 Å². The van der Waals surface area contributed by atoms with Crippen molar-refractivity contribution in [2.24, 2.45) is 0 Å². The first kappa shape index (κ1) is 21.9. The predicted octanol–water partition coefficient (Wildman–Crippen LogP) is 8.53. The molecule has 0 saturated carbocycles. The average Bonchev–Trinajstić information content (AvgIpc) is 3.27. The first-order valence-corrected chi connectivity index (χ1v) is 19.4. The fraction of sp³-hybridized carbons (Fsp3) is 0.0938. The summed E-state index contributed by atoms with van der Waals surface area (Å²) in [6, 6.07) is 36.6. The number of hydrogen-bond acceptors (Lipinski definition) is 2. The Hall–Kier alpha value is -3.63. The molecule has 35 heavy (non-hydrogen) atoms. The van der Waals surface area contributed by atoms with Crippen molar-refractivity contribution in [3.63, 3.8) is 0 Å². The molecule has 4 aromatic carbocycles. The van der Waals surface area contributed by atoms with E-state index in [4.69, 9.17) is 4.42 Å². The molecule has 0 N–H and O–H groups in total. The Labute approximate surface area is 208 Å². The van der Waals surface area contributed by atoms with Crippen LogP contribution in [0.4, 0.5) is 0 Å². The summed E-state index contributed by atoms with van der Waals surface area (Å²) in [6.45, 7) is 0. The first-order valence-electron chi connectivity index (χ1n) is 12.1. The normalized spacial score (nSPS) is 11.9. The molecule has 0 aliphatic rings. The molecule has 170 valence electrons. The number of aromatic nitrogens is 1. The molecule has 2 aromatic heterocycles. The Bertz CT molecular complexity index is 1640. The first-order chi connectivity index (χ1) is 17.0. The summed E-state index contributed by atoms with van der Waals surface area (Å²) in [6.07, 6.45) is 1.83. The average molecular weight is 514 g/mol. The van der Waals surface area contributed by atoms with Gasteiger partial charge < -0.3 is 0 Å². The van der Waals surface area contributed by atoms with E-state index in [0.29, 0.717) is 0 Å². The number of rotatable bonds is 4. The van der Waals surface area contributed by atoms with Gasteiger partial charge in [0.25, 0.3) is 0 Å². The maximum atomic E-state index is 6.73. The number of benzene rings is 4. The van der Waals surface area contributed by atoms with E-state index in [1.54, 1.807) is 0 Å². The van der Waals surface area contributed by atoms with Crippen molar-refractivity contribution >= 4 is 39.6 Å². The van der Waals surface area contributed by atoms with Gasteiger partial charge in [-0.05, 0) is 6.07 Å². The van der Waals surface area contributed by atoms with Crippen molar-refractivity contribution in [1.29, 1.82) is 0 Å². The second kappa shape index (κ2) is 8.55. The standard InChI is InChI=1S/C32H27GeNO/c1-33(2,3)24-17-15-22(16-18-24)25-19-20-27-26-12-9-13-28(29-14-7-8-21-34-29)31(26)35-32(27)30(25)23-10-5-4-6-11-23/h4-21H,1-3H3. The zero-order valence-electron chi connectivity index (χ0n) is 20.2. The number of hydrogen-bond donors (Lipinski definition) is 0. The van der Waals surface area contributed by atoms with Gasteiger partial charge in [0, 0.05) is 6.20 Å². The third kappa shape index (κ3) is 3.88. The number of pyridine rings is 1. The summed E-state index contributed by atoms with van der Waals surface area (Å²) in [4.78, 5) is 4.59. The van der Waals surface area contributed by atoms with Crippen LogP contribution >= 0.6 is 0 Å². The van der Waals surface area contributed by atoms with Gasteiger partial charge >= 0.3 is 191 Å². The molecule has 0 atom stereocenters. The molecule has 2 nitrogen and oxygen atoms in total. The third-order valence-electron chi connectivity index (χ3n) is 6.73. The molecule has 2 heterocycles. The van der Waals surface area contributed by atoms with E-state index in [2.05, 4.69) is 107 Å². The van der Waals surface area contributed by atoms with Crippen LogP contribution in [0.1, 0.15) is 0 Å². The molecule has 0 aliphatic heterocycles. The quantitative estimate of drug-likeness (QED) is 0.221. The molecule has 6 aromatic rings. The molecular weight excluding hydrogens is 487 g/mol. The van der Waals surface area contributed by atoms with Gasteiger partial charge in [-0.15, -0.1) is 0 Å². The Morgan fingerprint density at radius 2 is 1.31 bits per heavy atom. The summed E-state index contributed by atoms with van der Waals surface area (Å²) in [5.41, 5.74) is 8.43.